The zero-order chi connectivity index (χ0) is 21.7. The monoisotopic (exact) mass is 406 g/mol. The Morgan fingerprint density at radius 2 is 1.73 bits per heavy atom. The fraction of sp³-hybridized carbons (Fsp3) is 0.417. The molecule has 6 heteroatoms. The van der Waals surface area contributed by atoms with Crippen LogP contribution in [0.3, 0.4) is 0 Å². The second kappa shape index (κ2) is 7.35. The zero-order valence-electron chi connectivity index (χ0n) is 18.9. The molecular formula is C24H30N4O2. The van der Waals surface area contributed by atoms with E-state index in [1.54, 1.807) is 13.2 Å². The van der Waals surface area contributed by atoms with Gasteiger partial charge in [-0.05, 0) is 59.2 Å². The van der Waals surface area contributed by atoms with Crippen molar-refractivity contribution in [2.75, 3.05) is 12.1 Å². The summed E-state index contributed by atoms with van der Waals surface area (Å²) in [5, 5.41) is 6.87. The highest BCUT2D eigenvalue weighted by molar-refractivity contribution is 5.80. The highest BCUT2D eigenvalue weighted by Gasteiger charge is 2.26. The largest absolute Gasteiger partial charge is 0.496 e. The van der Waals surface area contributed by atoms with E-state index in [-0.39, 0.29) is 11.5 Å². The quantitative estimate of drug-likeness (QED) is 0.643. The van der Waals surface area contributed by atoms with E-state index in [0.717, 1.165) is 45.9 Å². The normalized spacial score (nSPS) is 13.0. The first-order chi connectivity index (χ1) is 14.2. The van der Waals surface area contributed by atoms with Crippen LogP contribution in [0.25, 0.3) is 22.4 Å². The first-order valence-corrected chi connectivity index (χ1v) is 10.5. The number of aryl methyl sites for hydroxylation is 1. The summed E-state index contributed by atoms with van der Waals surface area (Å²) >= 11 is 0. The maximum absolute atomic E-state index is 12.5. The number of benzene rings is 1. The van der Waals surface area contributed by atoms with Crippen molar-refractivity contribution in [1.82, 2.24) is 14.5 Å². The Labute approximate surface area is 177 Å². The van der Waals surface area contributed by atoms with Crippen molar-refractivity contribution in [3.05, 3.63) is 57.6 Å². The van der Waals surface area contributed by atoms with E-state index in [2.05, 4.69) is 61.5 Å². The number of aromatic nitrogens is 3. The maximum atomic E-state index is 12.5. The van der Waals surface area contributed by atoms with Crippen LogP contribution < -0.4 is 15.2 Å². The van der Waals surface area contributed by atoms with Gasteiger partial charge in [-0.25, -0.2) is 0 Å². The van der Waals surface area contributed by atoms with Gasteiger partial charge in [-0.1, -0.05) is 0 Å². The molecule has 3 heterocycles. The van der Waals surface area contributed by atoms with Gasteiger partial charge in [-0.2, -0.15) is 5.10 Å². The Bertz CT molecular complexity index is 1170. The lowest BCUT2D eigenvalue weighted by Gasteiger charge is -2.38. The highest BCUT2D eigenvalue weighted by Crippen LogP contribution is 2.40. The lowest BCUT2D eigenvalue weighted by molar-refractivity contribution is 0.416. The lowest BCUT2D eigenvalue weighted by atomic mass is 9.94. The Balaban J connectivity index is 1.96. The van der Waals surface area contributed by atoms with Gasteiger partial charge >= 0.3 is 0 Å². The van der Waals surface area contributed by atoms with E-state index >= 15 is 0 Å². The van der Waals surface area contributed by atoms with E-state index in [4.69, 9.17) is 4.74 Å². The number of hydrogen-bond acceptors (Lipinski definition) is 4. The smallest absolute Gasteiger partial charge is 0.185 e. The maximum Gasteiger partial charge on any atom is 0.185 e. The van der Waals surface area contributed by atoms with Crippen LogP contribution in [-0.4, -0.2) is 27.6 Å². The first-order valence-electron chi connectivity index (χ1n) is 10.5. The van der Waals surface area contributed by atoms with Gasteiger partial charge < -0.3 is 9.75 Å². The number of pyridine rings is 1. The molecule has 0 atom stereocenters. The van der Waals surface area contributed by atoms with Gasteiger partial charge in [0.2, 0.25) is 0 Å². The number of hydrogen-bond donors (Lipinski definition) is 0. The van der Waals surface area contributed by atoms with Gasteiger partial charge in [0.25, 0.3) is 0 Å². The topological polar surface area (TPSA) is 52.3 Å². The third-order valence-corrected chi connectivity index (χ3v) is 5.95. The average Bonchev–Trinajstić information content (AvgIpc) is 3.08. The van der Waals surface area contributed by atoms with Crippen molar-refractivity contribution in [1.29, 1.82) is 0 Å². The van der Waals surface area contributed by atoms with Crippen LogP contribution in [0.2, 0.25) is 0 Å². The molecular weight excluding hydrogens is 376 g/mol. The van der Waals surface area contributed by atoms with Crippen LogP contribution in [0.4, 0.5) is 0 Å². The van der Waals surface area contributed by atoms with Crippen molar-refractivity contribution in [3.63, 3.8) is 0 Å². The summed E-state index contributed by atoms with van der Waals surface area (Å²) in [6, 6.07) is 6.58. The number of ether oxygens (including phenoxy) is 1. The standard InChI is InChI=1S/C24H30N4O2/c1-14(2)26-13-18-8-20(21-11-25-28(15(3)4)17(21)6)24(30-7)9-19(18)22-10-23(29)16(5)12-27(22)26/h8-12,14-15H,13H2,1-7H3. The molecule has 1 aliphatic heterocycles. The highest BCUT2D eigenvalue weighted by atomic mass is 16.5. The average molecular weight is 407 g/mol. The van der Waals surface area contributed by atoms with E-state index in [9.17, 15) is 4.79 Å². The molecule has 1 aliphatic rings. The van der Waals surface area contributed by atoms with Gasteiger partial charge in [-0.15, -0.1) is 0 Å². The van der Waals surface area contributed by atoms with Crippen molar-refractivity contribution in [3.8, 4) is 28.1 Å². The summed E-state index contributed by atoms with van der Waals surface area (Å²) in [6.07, 6.45) is 3.86. The van der Waals surface area contributed by atoms with E-state index in [1.165, 1.54) is 5.56 Å². The first kappa shape index (κ1) is 20.3. The van der Waals surface area contributed by atoms with Crippen LogP contribution in [0.15, 0.2) is 35.4 Å². The molecule has 0 amide bonds. The van der Waals surface area contributed by atoms with E-state index < -0.39 is 0 Å². The minimum absolute atomic E-state index is 0.0508. The van der Waals surface area contributed by atoms with Gasteiger partial charge in [-0.3, -0.25) is 14.2 Å². The summed E-state index contributed by atoms with van der Waals surface area (Å²) in [6.45, 7) is 13.3. The number of nitrogens with zero attached hydrogens (tertiary/aromatic N) is 4. The molecule has 4 rings (SSSR count). The fourth-order valence-electron chi connectivity index (χ4n) is 4.30. The second-order valence-electron chi connectivity index (χ2n) is 8.63. The molecule has 0 unspecified atom stereocenters. The summed E-state index contributed by atoms with van der Waals surface area (Å²) < 4.78 is 9.95. The third kappa shape index (κ3) is 3.11. The molecule has 2 aromatic heterocycles. The lowest BCUT2D eigenvalue weighted by Crippen LogP contribution is -2.43. The van der Waals surface area contributed by atoms with Crippen molar-refractivity contribution < 1.29 is 4.74 Å². The van der Waals surface area contributed by atoms with Gasteiger partial charge in [0.05, 0.1) is 25.5 Å². The van der Waals surface area contributed by atoms with Crippen LogP contribution in [-0.2, 0) is 6.54 Å². The molecule has 0 saturated heterocycles. The van der Waals surface area contributed by atoms with E-state index in [0.29, 0.717) is 6.04 Å². The van der Waals surface area contributed by atoms with Gasteiger partial charge in [0, 0.05) is 52.3 Å². The minimum Gasteiger partial charge on any atom is -0.496 e. The SMILES string of the molecule is COc1cc2c(cc1-c1cnn(C(C)C)c1C)CN(C(C)C)n1cc(C)c(=O)cc1-2. The molecule has 1 aromatic carbocycles. The van der Waals surface area contributed by atoms with Crippen LogP contribution in [0.5, 0.6) is 5.75 Å². The van der Waals surface area contributed by atoms with Crippen molar-refractivity contribution in [2.24, 2.45) is 0 Å². The number of rotatable bonds is 4. The molecule has 30 heavy (non-hydrogen) atoms. The molecule has 158 valence electrons. The molecule has 0 aliphatic carbocycles. The Morgan fingerprint density at radius 3 is 2.33 bits per heavy atom. The summed E-state index contributed by atoms with van der Waals surface area (Å²) in [5.41, 5.74) is 7.15. The van der Waals surface area contributed by atoms with Crippen molar-refractivity contribution >= 4 is 0 Å². The third-order valence-electron chi connectivity index (χ3n) is 5.95. The van der Waals surface area contributed by atoms with Gasteiger partial charge in [0.1, 0.15) is 5.75 Å². The Morgan fingerprint density at radius 1 is 1.00 bits per heavy atom. The fourth-order valence-corrected chi connectivity index (χ4v) is 4.30. The Kier molecular flexibility index (Phi) is 4.96. The van der Waals surface area contributed by atoms with Crippen LogP contribution in [0, 0.1) is 13.8 Å². The van der Waals surface area contributed by atoms with Crippen LogP contribution in [0.1, 0.15) is 50.6 Å². The van der Waals surface area contributed by atoms with Crippen LogP contribution >= 0.6 is 0 Å². The molecule has 0 bridgehead atoms. The predicted octanol–water partition coefficient (Wildman–Crippen LogP) is 4.45. The summed E-state index contributed by atoms with van der Waals surface area (Å²) in [7, 11) is 1.69. The summed E-state index contributed by atoms with van der Waals surface area (Å²) in [4.78, 5) is 12.5. The number of fused-ring (bicyclic) bond motifs is 3. The molecule has 0 saturated carbocycles. The van der Waals surface area contributed by atoms with Gasteiger partial charge in [0.15, 0.2) is 5.43 Å². The molecule has 0 radical (unpaired) electrons. The minimum atomic E-state index is 0.0508. The molecule has 0 spiro atoms. The summed E-state index contributed by atoms with van der Waals surface area (Å²) in [5.74, 6) is 0.790. The molecule has 0 fully saturated rings. The van der Waals surface area contributed by atoms with Crippen molar-refractivity contribution in [2.45, 2.75) is 60.2 Å². The number of methoxy groups -OCH3 is 1. The second-order valence-corrected chi connectivity index (χ2v) is 8.63. The Hall–Kier alpha value is -3.02. The molecule has 3 aromatic rings. The molecule has 6 nitrogen and oxygen atoms in total. The molecule has 0 N–H and O–H groups in total. The van der Waals surface area contributed by atoms with E-state index in [1.807, 2.05) is 24.0 Å². The zero-order valence-corrected chi connectivity index (χ0v) is 18.9. The predicted molar refractivity (Wildman–Crippen MR) is 121 cm³/mol.